The Labute approximate surface area is 155 Å². The molecule has 2 heterocycles. The van der Waals surface area contributed by atoms with Crippen molar-refractivity contribution in [3.8, 4) is 11.5 Å². The van der Waals surface area contributed by atoms with Gasteiger partial charge in [-0.2, -0.15) is 13.2 Å². The first-order valence-electron chi connectivity index (χ1n) is 7.31. The van der Waals surface area contributed by atoms with Crippen molar-refractivity contribution < 1.29 is 13.2 Å². The van der Waals surface area contributed by atoms with E-state index in [0.717, 1.165) is 0 Å². The second kappa shape index (κ2) is 7.09. The molecule has 0 saturated carbocycles. The Morgan fingerprint density at radius 3 is 2.38 bits per heavy atom. The van der Waals surface area contributed by atoms with E-state index in [4.69, 9.17) is 23.2 Å². The van der Waals surface area contributed by atoms with Gasteiger partial charge >= 0.3 is 6.18 Å². The van der Waals surface area contributed by atoms with Crippen LogP contribution in [0.3, 0.4) is 0 Å². The molecule has 1 N–H and O–H groups in total. The molecule has 0 aliphatic heterocycles. The number of hydrogen-bond acceptors (Lipinski definition) is 3. The average molecular weight is 400 g/mol. The van der Waals surface area contributed by atoms with E-state index in [1.54, 1.807) is 12.1 Å². The van der Waals surface area contributed by atoms with Crippen molar-refractivity contribution in [2.75, 3.05) is 0 Å². The molecule has 4 nitrogen and oxygen atoms in total. The third-order valence-electron chi connectivity index (χ3n) is 3.56. The van der Waals surface area contributed by atoms with Crippen LogP contribution in [-0.2, 0) is 12.6 Å². The predicted octanol–water partition coefficient (Wildman–Crippen LogP) is 4.75. The second-order valence-electron chi connectivity index (χ2n) is 5.38. The fraction of sp³-hybridized carbons (Fsp3) is 0.118. The average Bonchev–Trinajstić information content (AvgIpc) is 2.58. The number of halogens is 5. The van der Waals surface area contributed by atoms with Crippen molar-refractivity contribution in [2.45, 2.75) is 12.6 Å². The molecule has 0 bridgehead atoms. The van der Waals surface area contributed by atoms with Crippen molar-refractivity contribution in [3.05, 3.63) is 79.8 Å². The van der Waals surface area contributed by atoms with Gasteiger partial charge in [-0.05, 0) is 29.8 Å². The molecule has 0 unspecified atom stereocenters. The highest BCUT2D eigenvalue weighted by Gasteiger charge is 2.37. The van der Waals surface area contributed by atoms with E-state index in [0.29, 0.717) is 10.6 Å². The first-order valence-corrected chi connectivity index (χ1v) is 8.07. The van der Waals surface area contributed by atoms with E-state index in [9.17, 15) is 18.0 Å². The van der Waals surface area contributed by atoms with Gasteiger partial charge in [0.2, 0.25) is 0 Å². The number of aromatic nitrogens is 3. The van der Waals surface area contributed by atoms with Crippen LogP contribution in [0.25, 0.3) is 11.5 Å². The van der Waals surface area contributed by atoms with Gasteiger partial charge < -0.3 is 4.98 Å². The molecule has 26 heavy (non-hydrogen) atoms. The summed E-state index contributed by atoms with van der Waals surface area (Å²) in [6.07, 6.45) is -3.72. The van der Waals surface area contributed by atoms with Crippen LogP contribution in [0.5, 0.6) is 0 Å². The third kappa shape index (κ3) is 3.89. The van der Waals surface area contributed by atoms with E-state index in [1.165, 1.54) is 30.5 Å². The molecular formula is C17H10Cl2F3N3O. The normalized spacial score (nSPS) is 11.6. The summed E-state index contributed by atoms with van der Waals surface area (Å²) in [7, 11) is 0. The monoisotopic (exact) mass is 399 g/mol. The molecular weight excluding hydrogens is 390 g/mol. The SMILES string of the molecule is O=c1[nH]c(-c2ncccc2Cl)nc(C(F)(F)F)c1Cc1ccc(Cl)cc1. The zero-order valence-electron chi connectivity index (χ0n) is 12.9. The number of aromatic amines is 1. The van der Waals surface area contributed by atoms with Crippen LogP contribution in [0.1, 0.15) is 16.8 Å². The fourth-order valence-corrected chi connectivity index (χ4v) is 2.71. The number of nitrogens with one attached hydrogen (secondary N) is 1. The zero-order valence-corrected chi connectivity index (χ0v) is 14.5. The number of H-pyrrole nitrogens is 1. The lowest BCUT2D eigenvalue weighted by Gasteiger charge is -2.13. The highest BCUT2D eigenvalue weighted by Crippen LogP contribution is 2.32. The predicted molar refractivity (Wildman–Crippen MR) is 92.4 cm³/mol. The number of alkyl halides is 3. The van der Waals surface area contributed by atoms with E-state index < -0.39 is 23.0 Å². The van der Waals surface area contributed by atoms with Gasteiger partial charge in [-0.3, -0.25) is 9.78 Å². The van der Waals surface area contributed by atoms with E-state index in [2.05, 4.69) is 15.0 Å². The van der Waals surface area contributed by atoms with Crippen molar-refractivity contribution in [3.63, 3.8) is 0 Å². The minimum Gasteiger partial charge on any atom is -0.305 e. The molecule has 3 aromatic rings. The third-order valence-corrected chi connectivity index (χ3v) is 4.12. The maximum absolute atomic E-state index is 13.5. The largest absolute Gasteiger partial charge is 0.433 e. The van der Waals surface area contributed by atoms with Gasteiger partial charge in [0.25, 0.3) is 5.56 Å². The Balaban J connectivity index is 2.14. The lowest BCUT2D eigenvalue weighted by Crippen LogP contribution is -2.24. The summed E-state index contributed by atoms with van der Waals surface area (Å²) in [4.78, 5) is 22.2. The summed E-state index contributed by atoms with van der Waals surface area (Å²) in [6.45, 7) is 0. The van der Waals surface area contributed by atoms with Crippen molar-refractivity contribution in [2.24, 2.45) is 0 Å². The molecule has 0 fully saturated rings. The number of benzene rings is 1. The second-order valence-corrected chi connectivity index (χ2v) is 6.22. The highest BCUT2D eigenvalue weighted by molar-refractivity contribution is 6.32. The van der Waals surface area contributed by atoms with Gasteiger partial charge in [0.05, 0.1) is 10.6 Å². The Morgan fingerprint density at radius 2 is 1.77 bits per heavy atom. The van der Waals surface area contributed by atoms with Gasteiger partial charge in [-0.25, -0.2) is 4.98 Å². The van der Waals surface area contributed by atoms with Crippen LogP contribution in [0, 0.1) is 0 Å². The molecule has 3 rings (SSSR count). The number of rotatable bonds is 3. The molecule has 134 valence electrons. The highest BCUT2D eigenvalue weighted by atomic mass is 35.5. The lowest BCUT2D eigenvalue weighted by atomic mass is 10.0. The summed E-state index contributed by atoms with van der Waals surface area (Å²) in [5, 5.41) is 0.520. The summed E-state index contributed by atoms with van der Waals surface area (Å²) in [5.74, 6) is -0.340. The molecule has 0 aliphatic rings. The van der Waals surface area contributed by atoms with Crippen molar-refractivity contribution in [1.29, 1.82) is 0 Å². The standard InChI is InChI=1S/C17H10Cl2F3N3O/c18-10-5-3-9(4-6-10)8-11-14(17(20,21)22)24-15(25-16(11)26)13-12(19)2-1-7-23-13/h1-7H,8H2,(H,24,25,26). The van der Waals surface area contributed by atoms with Gasteiger partial charge in [-0.1, -0.05) is 35.3 Å². The first-order chi connectivity index (χ1) is 12.3. The maximum Gasteiger partial charge on any atom is 0.433 e. The Bertz CT molecular complexity index is 1000. The van der Waals surface area contributed by atoms with Crippen LogP contribution in [0.2, 0.25) is 10.0 Å². The quantitative estimate of drug-likeness (QED) is 0.691. The Kier molecular flexibility index (Phi) is 5.02. The molecule has 9 heteroatoms. The molecule has 0 aliphatic carbocycles. The summed E-state index contributed by atoms with van der Waals surface area (Å²) >= 11 is 11.7. The molecule has 0 saturated heterocycles. The number of nitrogens with zero attached hydrogens (tertiary/aromatic N) is 2. The van der Waals surface area contributed by atoms with Gasteiger partial charge in [0, 0.05) is 17.6 Å². The minimum absolute atomic E-state index is 0.0326. The van der Waals surface area contributed by atoms with Crippen molar-refractivity contribution in [1.82, 2.24) is 15.0 Å². The molecule has 0 amide bonds. The molecule has 0 radical (unpaired) electrons. The van der Waals surface area contributed by atoms with Crippen LogP contribution < -0.4 is 5.56 Å². The van der Waals surface area contributed by atoms with Crippen LogP contribution >= 0.6 is 23.2 Å². The van der Waals surface area contributed by atoms with E-state index >= 15 is 0 Å². The molecule has 0 atom stereocenters. The molecule has 2 aromatic heterocycles. The minimum atomic E-state index is -4.81. The summed E-state index contributed by atoms with van der Waals surface area (Å²) in [6, 6.07) is 9.13. The zero-order chi connectivity index (χ0) is 18.9. The van der Waals surface area contributed by atoms with Crippen LogP contribution in [0.15, 0.2) is 47.4 Å². The Hall–Kier alpha value is -2.38. The smallest absolute Gasteiger partial charge is 0.305 e. The van der Waals surface area contributed by atoms with E-state index in [-0.39, 0.29) is 23.0 Å². The lowest BCUT2D eigenvalue weighted by molar-refractivity contribution is -0.141. The van der Waals surface area contributed by atoms with Gasteiger partial charge in [0.15, 0.2) is 11.5 Å². The number of hydrogen-bond donors (Lipinski definition) is 1. The molecule has 1 aromatic carbocycles. The number of pyridine rings is 1. The van der Waals surface area contributed by atoms with Gasteiger partial charge in [0.1, 0.15) is 5.69 Å². The Morgan fingerprint density at radius 1 is 1.08 bits per heavy atom. The van der Waals surface area contributed by atoms with Crippen LogP contribution in [0.4, 0.5) is 13.2 Å². The van der Waals surface area contributed by atoms with Crippen LogP contribution in [-0.4, -0.2) is 15.0 Å². The van der Waals surface area contributed by atoms with Gasteiger partial charge in [-0.15, -0.1) is 0 Å². The fourth-order valence-electron chi connectivity index (χ4n) is 2.37. The topological polar surface area (TPSA) is 58.6 Å². The maximum atomic E-state index is 13.5. The summed E-state index contributed by atoms with van der Waals surface area (Å²) < 4.78 is 40.5. The molecule has 0 spiro atoms. The first kappa shape index (κ1) is 18.4. The van der Waals surface area contributed by atoms with Crippen molar-refractivity contribution >= 4 is 23.2 Å². The van der Waals surface area contributed by atoms with E-state index in [1.807, 2.05) is 0 Å². The summed E-state index contributed by atoms with van der Waals surface area (Å²) in [5.41, 5.74) is -2.20.